The summed E-state index contributed by atoms with van der Waals surface area (Å²) < 4.78 is 50.4. The molecule has 176 valence electrons. The van der Waals surface area contributed by atoms with Gasteiger partial charge in [0, 0.05) is 25.8 Å². The molecule has 1 aliphatic rings. The molecule has 4 heterocycles. The Morgan fingerprint density at radius 1 is 1.18 bits per heavy atom. The van der Waals surface area contributed by atoms with Gasteiger partial charge in [-0.1, -0.05) is 11.6 Å². The number of anilines is 1. The van der Waals surface area contributed by atoms with E-state index in [4.69, 9.17) is 20.8 Å². The molecule has 0 aromatic carbocycles. The summed E-state index contributed by atoms with van der Waals surface area (Å²) in [6, 6.07) is 5.56. The molecule has 0 radical (unpaired) electrons. The number of alkyl halides is 3. The zero-order chi connectivity index (χ0) is 23.6. The summed E-state index contributed by atoms with van der Waals surface area (Å²) in [5, 5.41) is 7.02. The fourth-order valence-corrected chi connectivity index (χ4v) is 3.73. The molecule has 0 saturated carbocycles. The highest BCUT2D eigenvalue weighted by molar-refractivity contribution is 6.32. The number of hydrogen-bond donors (Lipinski definition) is 1. The van der Waals surface area contributed by atoms with E-state index in [0.29, 0.717) is 31.6 Å². The van der Waals surface area contributed by atoms with Gasteiger partial charge in [0.2, 0.25) is 0 Å². The van der Waals surface area contributed by atoms with E-state index in [2.05, 4.69) is 20.3 Å². The molecule has 1 N–H and O–H groups in total. The number of aromatic nitrogens is 3. The molecule has 0 spiro atoms. The number of morpholine rings is 1. The van der Waals surface area contributed by atoms with E-state index in [0.717, 1.165) is 41.4 Å². The molecule has 1 unspecified atom stereocenters. The molecule has 8 nitrogen and oxygen atoms in total. The largest absolute Gasteiger partial charge is 0.465 e. The Bertz CT molecular complexity index is 1160. The van der Waals surface area contributed by atoms with Crippen LogP contribution < -0.4 is 10.9 Å². The Labute approximate surface area is 191 Å². The summed E-state index contributed by atoms with van der Waals surface area (Å²) in [5.74, 6) is 1.49. The number of furan rings is 1. The lowest BCUT2D eigenvalue weighted by Crippen LogP contribution is -2.41. The lowest BCUT2D eigenvalue weighted by molar-refractivity contribution is -0.137. The van der Waals surface area contributed by atoms with Crippen LogP contribution in [-0.4, -0.2) is 52.5 Å². The highest BCUT2D eigenvalue weighted by atomic mass is 35.5. The van der Waals surface area contributed by atoms with E-state index in [1.54, 1.807) is 0 Å². The van der Waals surface area contributed by atoms with Crippen LogP contribution in [0.1, 0.15) is 23.1 Å². The van der Waals surface area contributed by atoms with Crippen molar-refractivity contribution in [3.8, 4) is 5.82 Å². The van der Waals surface area contributed by atoms with E-state index < -0.39 is 17.3 Å². The van der Waals surface area contributed by atoms with Crippen molar-refractivity contribution in [2.75, 3.05) is 38.2 Å². The Balaban J connectivity index is 1.54. The summed E-state index contributed by atoms with van der Waals surface area (Å²) >= 11 is 6.27. The average molecular weight is 484 g/mol. The van der Waals surface area contributed by atoms with Gasteiger partial charge < -0.3 is 14.5 Å². The zero-order valence-corrected chi connectivity index (χ0v) is 18.4. The Morgan fingerprint density at radius 3 is 2.55 bits per heavy atom. The first kappa shape index (κ1) is 23.3. The van der Waals surface area contributed by atoms with E-state index in [1.165, 1.54) is 6.20 Å². The summed E-state index contributed by atoms with van der Waals surface area (Å²) in [6.45, 7) is 4.90. The summed E-state index contributed by atoms with van der Waals surface area (Å²) in [7, 11) is 0. The van der Waals surface area contributed by atoms with Gasteiger partial charge in [-0.25, -0.2) is 4.98 Å². The van der Waals surface area contributed by atoms with E-state index in [9.17, 15) is 18.0 Å². The van der Waals surface area contributed by atoms with Crippen LogP contribution in [0, 0.1) is 6.92 Å². The number of nitrogens with zero attached hydrogens (tertiary/aromatic N) is 4. The van der Waals surface area contributed by atoms with E-state index >= 15 is 0 Å². The number of hydrogen-bond acceptors (Lipinski definition) is 7. The first-order valence-electron chi connectivity index (χ1n) is 10.2. The molecule has 33 heavy (non-hydrogen) atoms. The van der Waals surface area contributed by atoms with E-state index in [1.807, 2.05) is 19.1 Å². The second kappa shape index (κ2) is 9.54. The Morgan fingerprint density at radius 2 is 1.94 bits per heavy atom. The molecular weight excluding hydrogens is 463 g/mol. The highest BCUT2D eigenvalue weighted by Crippen LogP contribution is 2.29. The van der Waals surface area contributed by atoms with Crippen molar-refractivity contribution in [1.29, 1.82) is 0 Å². The quantitative estimate of drug-likeness (QED) is 0.572. The van der Waals surface area contributed by atoms with Crippen LogP contribution in [0.15, 0.2) is 45.9 Å². The lowest BCUT2D eigenvalue weighted by atomic mass is 10.1. The predicted molar refractivity (Wildman–Crippen MR) is 115 cm³/mol. The fraction of sp³-hybridized carbons (Fsp3) is 0.381. The lowest BCUT2D eigenvalue weighted by Gasteiger charge is -2.33. The second-order valence-electron chi connectivity index (χ2n) is 7.49. The van der Waals surface area contributed by atoms with Gasteiger partial charge in [0.05, 0.1) is 36.7 Å². The monoisotopic (exact) mass is 483 g/mol. The van der Waals surface area contributed by atoms with Gasteiger partial charge in [0.25, 0.3) is 5.56 Å². The number of ether oxygens (including phenoxy) is 1. The van der Waals surface area contributed by atoms with Crippen LogP contribution >= 0.6 is 11.6 Å². The van der Waals surface area contributed by atoms with Crippen LogP contribution in [0.2, 0.25) is 5.02 Å². The summed E-state index contributed by atoms with van der Waals surface area (Å²) in [5.41, 5.74) is -1.33. The molecule has 1 atom stereocenters. The van der Waals surface area contributed by atoms with Crippen LogP contribution in [-0.2, 0) is 10.9 Å². The molecule has 1 saturated heterocycles. The number of pyridine rings is 1. The van der Waals surface area contributed by atoms with Gasteiger partial charge in [-0.05, 0) is 31.2 Å². The second-order valence-corrected chi connectivity index (χ2v) is 7.86. The molecular formula is C21H21ClF3N5O3. The van der Waals surface area contributed by atoms with Crippen LogP contribution in [0.25, 0.3) is 5.82 Å². The average Bonchev–Trinajstić information content (AvgIpc) is 3.23. The van der Waals surface area contributed by atoms with Crippen molar-refractivity contribution in [2.45, 2.75) is 19.1 Å². The van der Waals surface area contributed by atoms with E-state index in [-0.39, 0.29) is 16.9 Å². The van der Waals surface area contributed by atoms with Gasteiger partial charge in [0.15, 0.2) is 5.82 Å². The molecule has 0 bridgehead atoms. The standard InChI is InChI=1S/C21H21ClF3N5O3/c1-13-2-4-17(33-13)16(29-6-8-32-9-7-29)12-26-15-11-28-30(20(31)19(15)22)18-5-3-14(10-27-18)21(23,24)25/h2-5,10-11,16,26H,6-9,12H2,1H3. The molecule has 3 aromatic heterocycles. The van der Waals surface area contributed by atoms with Crippen LogP contribution in [0.5, 0.6) is 0 Å². The normalized spacial score (nSPS) is 16.0. The third-order valence-electron chi connectivity index (χ3n) is 5.27. The van der Waals surface area contributed by atoms with Crippen LogP contribution in [0.4, 0.5) is 18.9 Å². The molecule has 0 amide bonds. The number of aryl methyl sites for hydroxylation is 1. The van der Waals surface area contributed by atoms with Crippen molar-refractivity contribution in [2.24, 2.45) is 0 Å². The summed E-state index contributed by atoms with van der Waals surface area (Å²) in [4.78, 5) is 18.6. The maximum atomic E-state index is 12.8. The first-order valence-corrected chi connectivity index (χ1v) is 10.6. The number of nitrogens with one attached hydrogen (secondary N) is 1. The maximum absolute atomic E-state index is 12.8. The fourth-order valence-electron chi connectivity index (χ4n) is 3.54. The van der Waals surface area contributed by atoms with Gasteiger partial charge >= 0.3 is 6.18 Å². The number of halogens is 4. The smallest absolute Gasteiger partial charge is 0.417 e. The maximum Gasteiger partial charge on any atom is 0.417 e. The van der Waals surface area contributed by atoms with Crippen molar-refractivity contribution in [1.82, 2.24) is 19.7 Å². The predicted octanol–water partition coefficient (Wildman–Crippen LogP) is 3.69. The van der Waals surface area contributed by atoms with Crippen molar-refractivity contribution < 1.29 is 22.3 Å². The molecule has 1 fully saturated rings. The summed E-state index contributed by atoms with van der Waals surface area (Å²) in [6.07, 6.45) is -2.55. The van der Waals surface area contributed by atoms with Gasteiger partial charge in [-0.2, -0.15) is 23.0 Å². The molecule has 1 aliphatic heterocycles. The van der Waals surface area contributed by atoms with Crippen LogP contribution in [0.3, 0.4) is 0 Å². The van der Waals surface area contributed by atoms with Crippen molar-refractivity contribution in [3.63, 3.8) is 0 Å². The SMILES string of the molecule is Cc1ccc(C(CNc2cnn(-c3ccc(C(F)(F)F)cn3)c(=O)c2Cl)N2CCOCC2)o1. The first-order chi connectivity index (χ1) is 15.7. The third kappa shape index (κ3) is 5.21. The van der Waals surface area contributed by atoms with Gasteiger partial charge in [0.1, 0.15) is 16.5 Å². The van der Waals surface area contributed by atoms with Gasteiger partial charge in [-0.15, -0.1) is 0 Å². The highest BCUT2D eigenvalue weighted by Gasteiger charge is 2.31. The van der Waals surface area contributed by atoms with Gasteiger partial charge in [-0.3, -0.25) is 9.69 Å². The van der Waals surface area contributed by atoms with Crippen molar-refractivity contribution >= 4 is 17.3 Å². The van der Waals surface area contributed by atoms with Crippen molar-refractivity contribution in [3.05, 3.63) is 69.1 Å². The minimum atomic E-state index is -4.53. The number of rotatable bonds is 6. The minimum Gasteiger partial charge on any atom is -0.465 e. The molecule has 4 rings (SSSR count). The minimum absolute atomic E-state index is 0.0706. The molecule has 12 heteroatoms. The molecule has 3 aromatic rings. The Kier molecular flexibility index (Phi) is 6.73. The Hall–Kier alpha value is -2.89. The molecule has 0 aliphatic carbocycles. The topological polar surface area (TPSA) is 85.4 Å². The third-order valence-corrected chi connectivity index (χ3v) is 5.64. The zero-order valence-electron chi connectivity index (χ0n) is 17.6.